The lowest BCUT2D eigenvalue weighted by atomic mass is 9.83. The van der Waals surface area contributed by atoms with Crippen molar-refractivity contribution in [2.24, 2.45) is 0 Å². The first-order valence-corrected chi connectivity index (χ1v) is 7.70. The molecule has 1 fully saturated rings. The van der Waals surface area contributed by atoms with Gasteiger partial charge in [0.25, 0.3) is 0 Å². The van der Waals surface area contributed by atoms with Gasteiger partial charge in [-0.15, -0.1) is 0 Å². The maximum Gasteiger partial charge on any atom is 0.525 e. The molecule has 0 atom stereocenters. The normalized spacial score (nSPS) is 21.9. The van der Waals surface area contributed by atoms with E-state index >= 15 is 0 Å². The second kappa shape index (κ2) is 5.42. The zero-order valence-electron chi connectivity index (χ0n) is 12.5. The molecule has 1 aliphatic heterocycles. The van der Waals surface area contributed by atoms with Crippen LogP contribution in [0.4, 0.5) is 4.39 Å². The van der Waals surface area contributed by atoms with Gasteiger partial charge in [0, 0.05) is 3.57 Å². The molecule has 0 bridgehead atoms. The van der Waals surface area contributed by atoms with E-state index in [1.165, 1.54) is 0 Å². The Labute approximate surface area is 134 Å². The Kier molecular flexibility index (Phi) is 4.33. The summed E-state index contributed by atoms with van der Waals surface area (Å²) in [6, 6.07) is 7.72. The number of halogens is 2. The monoisotopic (exact) mass is 388 g/mol. The fourth-order valence-electron chi connectivity index (χ4n) is 1.96. The Hall–Kier alpha value is -0.395. The molecule has 20 heavy (non-hydrogen) atoms. The van der Waals surface area contributed by atoms with Gasteiger partial charge >= 0.3 is 7.12 Å². The first-order chi connectivity index (χ1) is 9.14. The van der Waals surface area contributed by atoms with Crippen LogP contribution in [0.5, 0.6) is 0 Å². The third-order valence-electron chi connectivity index (χ3n) is 4.10. The molecule has 0 unspecified atom stereocenters. The van der Waals surface area contributed by atoms with Crippen molar-refractivity contribution in [3.63, 3.8) is 0 Å². The van der Waals surface area contributed by atoms with Crippen LogP contribution in [0.3, 0.4) is 0 Å². The van der Waals surface area contributed by atoms with Crippen LogP contribution in [0.1, 0.15) is 40.2 Å². The van der Waals surface area contributed by atoms with Crippen LogP contribution in [0.25, 0.3) is 5.57 Å². The molecule has 0 aromatic heterocycles. The van der Waals surface area contributed by atoms with E-state index in [1.807, 2.05) is 52.0 Å². The lowest BCUT2D eigenvalue weighted by Crippen LogP contribution is -2.41. The summed E-state index contributed by atoms with van der Waals surface area (Å²) >= 11 is 2.23. The molecule has 0 N–H and O–H groups in total. The van der Waals surface area contributed by atoms with Gasteiger partial charge in [0.2, 0.25) is 0 Å². The van der Waals surface area contributed by atoms with Crippen LogP contribution in [0, 0.1) is 3.57 Å². The van der Waals surface area contributed by atoms with Crippen molar-refractivity contribution in [1.82, 2.24) is 0 Å². The fourth-order valence-corrected chi connectivity index (χ4v) is 2.32. The average Bonchev–Trinajstić information content (AvgIpc) is 2.57. The highest BCUT2D eigenvalue weighted by molar-refractivity contribution is 14.1. The molecule has 1 aliphatic rings. The number of allylic oxidation sites excluding steroid dienone is 1. The Bertz CT molecular complexity index is 521. The van der Waals surface area contributed by atoms with Crippen LogP contribution >= 0.6 is 22.6 Å². The zero-order valence-corrected chi connectivity index (χ0v) is 14.6. The topological polar surface area (TPSA) is 18.5 Å². The molecular weight excluding hydrogens is 369 g/mol. The summed E-state index contributed by atoms with van der Waals surface area (Å²) in [5.41, 5.74) is -0.00899. The van der Waals surface area contributed by atoms with Crippen LogP contribution in [-0.4, -0.2) is 18.3 Å². The standard InChI is InChI=1S/C15H19BFIO2/c1-10(11-6-8-12(18)9-7-11)13(17)16-19-14(2,3)15(4,5)20-16/h6-9H,1-5H3. The Balaban J connectivity index is 2.29. The van der Waals surface area contributed by atoms with E-state index in [0.29, 0.717) is 5.57 Å². The van der Waals surface area contributed by atoms with E-state index in [4.69, 9.17) is 9.31 Å². The molecule has 1 aromatic carbocycles. The van der Waals surface area contributed by atoms with Gasteiger partial charge < -0.3 is 9.31 Å². The second-order valence-electron chi connectivity index (χ2n) is 6.07. The molecule has 1 heterocycles. The lowest BCUT2D eigenvalue weighted by molar-refractivity contribution is 0.00578. The Morgan fingerprint density at radius 1 is 1.05 bits per heavy atom. The molecule has 0 amide bonds. The third-order valence-corrected chi connectivity index (χ3v) is 4.81. The fraction of sp³-hybridized carbons (Fsp3) is 0.467. The van der Waals surface area contributed by atoms with Crippen molar-refractivity contribution >= 4 is 35.3 Å². The van der Waals surface area contributed by atoms with Gasteiger partial charge in [0.15, 0.2) is 0 Å². The largest absolute Gasteiger partial charge is 0.525 e. The van der Waals surface area contributed by atoms with Crippen LogP contribution < -0.4 is 0 Å². The second-order valence-corrected chi connectivity index (χ2v) is 7.31. The number of benzene rings is 1. The van der Waals surface area contributed by atoms with Gasteiger partial charge in [-0.05, 0) is 80.5 Å². The van der Waals surface area contributed by atoms with E-state index in [9.17, 15) is 4.39 Å². The summed E-state index contributed by atoms with van der Waals surface area (Å²) in [5.74, 6) is 0. The van der Waals surface area contributed by atoms with Crippen molar-refractivity contribution in [2.75, 3.05) is 0 Å². The number of rotatable bonds is 2. The smallest absolute Gasteiger partial charge is 0.398 e. The van der Waals surface area contributed by atoms with Gasteiger partial charge in [-0.25, -0.2) is 4.39 Å². The van der Waals surface area contributed by atoms with Gasteiger partial charge in [0.05, 0.1) is 11.2 Å². The van der Waals surface area contributed by atoms with Crippen molar-refractivity contribution in [3.05, 3.63) is 39.1 Å². The molecule has 2 nitrogen and oxygen atoms in total. The van der Waals surface area contributed by atoms with E-state index in [0.717, 1.165) is 9.13 Å². The minimum Gasteiger partial charge on any atom is -0.398 e. The molecule has 108 valence electrons. The Morgan fingerprint density at radius 3 is 1.95 bits per heavy atom. The van der Waals surface area contributed by atoms with E-state index < -0.39 is 18.3 Å². The molecule has 1 aromatic rings. The first kappa shape index (κ1) is 16.0. The van der Waals surface area contributed by atoms with Gasteiger partial charge in [-0.1, -0.05) is 12.1 Å². The predicted octanol–water partition coefficient (Wildman–Crippen LogP) is 4.62. The van der Waals surface area contributed by atoms with Crippen molar-refractivity contribution in [3.8, 4) is 0 Å². The summed E-state index contributed by atoms with van der Waals surface area (Å²) in [4.78, 5) is 0. The van der Waals surface area contributed by atoms with Crippen LogP contribution in [0.15, 0.2) is 30.0 Å². The van der Waals surface area contributed by atoms with Gasteiger partial charge in [-0.3, -0.25) is 0 Å². The molecule has 0 spiro atoms. The lowest BCUT2D eigenvalue weighted by Gasteiger charge is -2.32. The average molecular weight is 388 g/mol. The number of hydrogen-bond acceptors (Lipinski definition) is 2. The summed E-state index contributed by atoms with van der Waals surface area (Å²) in [6.07, 6.45) is 0. The van der Waals surface area contributed by atoms with E-state index in [-0.39, 0.29) is 5.73 Å². The molecule has 5 heteroatoms. The molecular formula is C15H19BFIO2. The minimum atomic E-state index is -0.931. The summed E-state index contributed by atoms with van der Waals surface area (Å²) in [6.45, 7) is 9.42. The minimum absolute atomic E-state index is 0.357. The highest BCUT2D eigenvalue weighted by Gasteiger charge is 2.53. The first-order valence-electron chi connectivity index (χ1n) is 6.62. The molecule has 1 saturated heterocycles. The highest BCUT2D eigenvalue weighted by atomic mass is 127. The maximum absolute atomic E-state index is 14.6. The molecule has 2 rings (SSSR count). The Morgan fingerprint density at radius 2 is 1.50 bits per heavy atom. The van der Waals surface area contributed by atoms with Crippen molar-refractivity contribution in [2.45, 2.75) is 45.8 Å². The summed E-state index contributed by atoms with van der Waals surface area (Å²) in [5, 5.41) is 0. The predicted molar refractivity (Wildman–Crippen MR) is 88.9 cm³/mol. The van der Waals surface area contributed by atoms with E-state index in [1.54, 1.807) is 6.92 Å². The molecule has 0 saturated carbocycles. The molecule has 0 aliphatic carbocycles. The summed E-state index contributed by atoms with van der Waals surface area (Å²) < 4.78 is 27.2. The van der Waals surface area contributed by atoms with Gasteiger partial charge in [0.1, 0.15) is 5.73 Å². The van der Waals surface area contributed by atoms with Crippen molar-refractivity contribution < 1.29 is 13.7 Å². The van der Waals surface area contributed by atoms with E-state index in [2.05, 4.69) is 22.6 Å². The van der Waals surface area contributed by atoms with Crippen LogP contribution in [-0.2, 0) is 9.31 Å². The zero-order chi connectivity index (χ0) is 15.1. The van der Waals surface area contributed by atoms with Crippen molar-refractivity contribution in [1.29, 1.82) is 0 Å². The number of hydrogen-bond donors (Lipinski definition) is 0. The quantitative estimate of drug-likeness (QED) is 0.544. The van der Waals surface area contributed by atoms with Crippen LogP contribution in [0.2, 0.25) is 0 Å². The van der Waals surface area contributed by atoms with Gasteiger partial charge in [-0.2, -0.15) is 0 Å². The summed E-state index contributed by atoms with van der Waals surface area (Å²) in [7, 11) is -0.931. The SMILES string of the molecule is CC(=C(F)B1OC(C)(C)C(C)(C)O1)c1ccc(I)cc1. The highest BCUT2D eigenvalue weighted by Crippen LogP contribution is 2.40. The third kappa shape index (κ3) is 2.94. The molecule has 0 radical (unpaired) electrons. The maximum atomic E-state index is 14.6.